The summed E-state index contributed by atoms with van der Waals surface area (Å²) in [6, 6.07) is 4.91. The first-order chi connectivity index (χ1) is 10.1. The molecule has 21 heavy (non-hydrogen) atoms. The average Bonchev–Trinajstić information content (AvgIpc) is 2.47. The van der Waals surface area contributed by atoms with Crippen LogP contribution in [0.2, 0.25) is 0 Å². The number of nitrogens with one attached hydrogen (secondary N) is 1. The van der Waals surface area contributed by atoms with E-state index in [4.69, 9.17) is 4.74 Å². The van der Waals surface area contributed by atoms with E-state index >= 15 is 0 Å². The first kappa shape index (κ1) is 13.2. The molecule has 0 unspecified atom stereocenters. The molecule has 0 amide bonds. The molecule has 1 N–H and O–H groups in total. The summed E-state index contributed by atoms with van der Waals surface area (Å²) in [4.78, 5) is 22.1. The van der Waals surface area contributed by atoms with E-state index in [1.165, 1.54) is 24.5 Å². The first-order valence-electron chi connectivity index (χ1n) is 6.05. The fraction of sp³-hybridized carbons (Fsp3) is 0.0714. The van der Waals surface area contributed by atoms with Crippen LogP contribution in [0.15, 0.2) is 41.5 Å². The molecule has 7 heteroatoms. The number of nitrogens with zero attached hydrogens (tertiary/aromatic N) is 2. The molecule has 0 spiro atoms. The van der Waals surface area contributed by atoms with E-state index in [0.29, 0.717) is 10.9 Å². The molecule has 0 fully saturated rings. The number of fused-ring (bicyclic) bond motifs is 1. The van der Waals surface area contributed by atoms with Gasteiger partial charge in [0.2, 0.25) is 0 Å². The number of hydrogen-bond acceptors (Lipinski definition) is 4. The van der Waals surface area contributed by atoms with Crippen LogP contribution < -0.4 is 10.3 Å². The molecule has 0 bridgehead atoms. The molecule has 106 valence electrons. The van der Waals surface area contributed by atoms with Crippen LogP contribution in [0.4, 0.5) is 8.78 Å². The lowest BCUT2D eigenvalue weighted by molar-refractivity contribution is 0.270. The van der Waals surface area contributed by atoms with Gasteiger partial charge in [-0.3, -0.25) is 14.8 Å². The van der Waals surface area contributed by atoms with Gasteiger partial charge in [-0.05, 0) is 18.2 Å². The largest absolute Gasteiger partial charge is 0.460 e. The maximum atomic E-state index is 13.5. The van der Waals surface area contributed by atoms with Crippen molar-refractivity contribution >= 4 is 10.9 Å². The Morgan fingerprint density at radius 1 is 1.19 bits per heavy atom. The highest BCUT2D eigenvalue weighted by molar-refractivity contribution is 5.76. The fourth-order valence-electron chi connectivity index (χ4n) is 1.85. The molecule has 0 aliphatic heterocycles. The van der Waals surface area contributed by atoms with Crippen LogP contribution in [-0.4, -0.2) is 15.0 Å². The molecule has 2 heterocycles. The summed E-state index contributed by atoms with van der Waals surface area (Å²) < 4.78 is 32.1. The Hall–Kier alpha value is -2.83. The van der Waals surface area contributed by atoms with Gasteiger partial charge < -0.3 is 4.74 Å². The van der Waals surface area contributed by atoms with Gasteiger partial charge >= 0.3 is 0 Å². The normalized spacial score (nSPS) is 10.8. The third-order valence-corrected chi connectivity index (χ3v) is 2.90. The van der Waals surface area contributed by atoms with E-state index in [1.54, 1.807) is 0 Å². The van der Waals surface area contributed by atoms with Gasteiger partial charge in [-0.25, -0.2) is 8.78 Å². The monoisotopic (exact) mass is 289 g/mol. The molecular weight excluding hydrogens is 280 g/mol. The lowest BCUT2D eigenvalue weighted by atomic mass is 10.2. The standard InChI is InChI=1S/C14H9F2N3O2/c15-10-2-1-3-11(16)9(10)7-21-14-18-12-6-17-5-4-8(12)13(20)19-14/h1-6H,7H2,(H,18,19,20). The van der Waals surface area contributed by atoms with Gasteiger partial charge in [-0.1, -0.05) is 6.07 Å². The Morgan fingerprint density at radius 2 is 1.95 bits per heavy atom. The molecular formula is C14H9F2N3O2. The highest BCUT2D eigenvalue weighted by Crippen LogP contribution is 2.15. The molecule has 5 nitrogen and oxygen atoms in total. The molecule has 1 aromatic carbocycles. The van der Waals surface area contributed by atoms with E-state index in [1.807, 2.05) is 0 Å². The van der Waals surface area contributed by atoms with Crippen LogP contribution in [0.1, 0.15) is 5.56 Å². The molecule has 0 saturated carbocycles. The zero-order chi connectivity index (χ0) is 14.8. The predicted molar refractivity (Wildman–Crippen MR) is 70.8 cm³/mol. The third-order valence-electron chi connectivity index (χ3n) is 2.90. The summed E-state index contributed by atoms with van der Waals surface area (Å²) in [6.07, 6.45) is 2.87. The van der Waals surface area contributed by atoms with Crippen molar-refractivity contribution in [3.63, 3.8) is 0 Å². The SMILES string of the molecule is O=c1[nH]c(OCc2c(F)cccc2F)nc2cnccc12. The Kier molecular flexibility index (Phi) is 3.31. The van der Waals surface area contributed by atoms with Gasteiger partial charge in [0.25, 0.3) is 11.6 Å². The Morgan fingerprint density at radius 3 is 2.71 bits per heavy atom. The van der Waals surface area contributed by atoms with Crippen molar-refractivity contribution in [1.29, 1.82) is 0 Å². The van der Waals surface area contributed by atoms with Gasteiger partial charge in [0.1, 0.15) is 18.2 Å². The van der Waals surface area contributed by atoms with E-state index in [9.17, 15) is 13.6 Å². The van der Waals surface area contributed by atoms with Crippen molar-refractivity contribution in [2.45, 2.75) is 6.61 Å². The second-order valence-corrected chi connectivity index (χ2v) is 4.25. The minimum atomic E-state index is -0.722. The van der Waals surface area contributed by atoms with Crippen molar-refractivity contribution in [2.24, 2.45) is 0 Å². The van der Waals surface area contributed by atoms with E-state index in [0.717, 1.165) is 12.1 Å². The van der Waals surface area contributed by atoms with Crippen molar-refractivity contribution in [2.75, 3.05) is 0 Å². The van der Waals surface area contributed by atoms with Crippen molar-refractivity contribution in [3.8, 4) is 6.01 Å². The molecule has 0 atom stereocenters. The van der Waals surface area contributed by atoms with Crippen LogP contribution in [-0.2, 0) is 6.61 Å². The maximum Gasteiger partial charge on any atom is 0.297 e. The van der Waals surface area contributed by atoms with Crippen LogP contribution in [0.3, 0.4) is 0 Å². The summed E-state index contributed by atoms with van der Waals surface area (Å²) in [7, 11) is 0. The quantitative estimate of drug-likeness (QED) is 0.802. The van der Waals surface area contributed by atoms with Crippen molar-refractivity contribution < 1.29 is 13.5 Å². The molecule has 0 radical (unpaired) electrons. The second kappa shape index (κ2) is 5.28. The van der Waals surface area contributed by atoms with Gasteiger partial charge in [0.05, 0.1) is 22.7 Å². The average molecular weight is 289 g/mol. The summed E-state index contributed by atoms with van der Waals surface area (Å²) >= 11 is 0. The number of benzene rings is 1. The molecule has 3 rings (SSSR count). The Bertz CT molecular complexity index is 844. The minimum Gasteiger partial charge on any atom is -0.460 e. The molecule has 0 aliphatic rings. The summed E-state index contributed by atoms with van der Waals surface area (Å²) in [5.41, 5.74) is -0.303. The third kappa shape index (κ3) is 2.58. The van der Waals surface area contributed by atoms with Crippen LogP contribution in [0.5, 0.6) is 6.01 Å². The van der Waals surface area contributed by atoms with E-state index in [-0.39, 0.29) is 18.2 Å². The van der Waals surface area contributed by atoms with Gasteiger partial charge in [0, 0.05) is 6.20 Å². The highest BCUT2D eigenvalue weighted by atomic mass is 19.1. The lowest BCUT2D eigenvalue weighted by Crippen LogP contribution is -2.12. The fourth-order valence-corrected chi connectivity index (χ4v) is 1.85. The number of hydrogen-bond donors (Lipinski definition) is 1. The number of rotatable bonds is 3. The van der Waals surface area contributed by atoms with Crippen LogP contribution in [0, 0.1) is 11.6 Å². The molecule has 3 aromatic rings. The van der Waals surface area contributed by atoms with Crippen LogP contribution in [0.25, 0.3) is 10.9 Å². The first-order valence-corrected chi connectivity index (χ1v) is 6.05. The number of pyridine rings is 1. The number of aromatic amines is 1. The minimum absolute atomic E-state index is 0.122. The summed E-state index contributed by atoms with van der Waals surface area (Å²) in [5, 5.41) is 0.356. The Balaban J connectivity index is 1.91. The smallest absolute Gasteiger partial charge is 0.297 e. The van der Waals surface area contributed by atoms with Gasteiger partial charge in [0.15, 0.2) is 0 Å². The van der Waals surface area contributed by atoms with Crippen molar-refractivity contribution in [3.05, 3.63) is 64.2 Å². The van der Waals surface area contributed by atoms with E-state index in [2.05, 4.69) is 15.0 Å². The number of halogens is 2. The lowest BCUT2D eigenvalue weighted by Gasteiger charge is -2.07. The summed E-state index contributed by atoms with van der Waals surface area (Å²) in [6.45, 7) is -0.382. The molecule has 2 aromatic heterocycles. The molecule has 0 aliphatic carbocycles. The predicted octanol–water partition coefficient (Wildman–Crippen LogP) is 2.18. The van der Waals surface area contributed by atoms with Gasteiger partial charge in [-0.15, -0.1) is 0 Å². The number of aromatic nitrogens is 3. The zero-order valence-electron chi connectivity index (χ0n) is 10.6. The number of ether oxygens (including phenoxy) is 1. The van der Waals surface area contributed by atoms with Crippen LogP contribution >= 0.6 is 0 Å². The van der Waals surface area contributed by atoms with E-state index < -0.39 is 17.2 Å². The van der Waals surface area contributed by atoms with Gasteiger partial charge in [-0.2, -0.15) is 4.98 Å². The topological polar surface area (TPSA) is 67.9 Å². The Labute approximate surface area is 117 Å². The zero-order valence-corrected chi connectivity index (χ0v) is 10.6. The summed E-state index contributed by atoms with van der Waals surface area (Å²) in [5.74, 6) is -1.44. The maximum absolute atomic E-state index is 13.5. The highest BCUT2D eigenvalue weighted by Gasteiger charge is 2.10. The number of H-pyrrole nitrogens is 1. The van der Waals surface area contributed by atoms with Crippen molar-refractivity contribution in [1.82, 2.24) is 15.0 Å². The second-order valence-electron chi connectivity index (χ2n) is 4.25. The molecule has 0 saturated heterocycles.